The summed E-state index contributed by atoms with van der Waals surface area (Å²) < 4.78 is 0. The topological polar surface area (TPSA) is 69.7 Å². The molecule has 164 valence electrons. The van der Waals surface area contributed by atoms with Crippen molar-refractivity contribution in [3.05, 3.63) is 57.6 Å². The molecular weight excluding hydrogens is 426 g/mol. The number of halogens is 1. The maximum atomic E-state index is 14.0. The lowest BCUT2D eigenvalue weighted by Gasteiger charge is -2.36. The van der Waals surface area contributed by atoms with Crippen LogP contribution in [0.25, 0.3) is 0 Å². The first kappa shape index (κ1) is 19.9. The average Bonchev–Trinajstić information content (AvgIpc) is 3.46. The van der Waals surface area contributed by atoms with Gasteiger partial charge < -0.3 is 5.32 Å². The maximum Gasteiger partial charge on any atom is 0.250 e. The van der Waals surface area contributed by atoms with Crippen LogP contribution in [0.4, 0.5) is 11.4 Å². The second kappa shape index (κ2) is 6.42. The Labute approximate surface area is 191 Å². The van der Waals surface area contributed by atoms with Crippen LogP contribution in [-0.2, 0) is 19.9 Å². The summed E-state index contributed by atoms with van der Waals surface area (Å²) in [6.45, 7) is 6.57. The second-order valence-electron chi connectivity index (χ2n) is 9.50. The van der Waals surface area contributed by atoms with Crippen molar-refractivity contribution in [2.45, 2.75) is 45.2 Å². The number of nitrogens with one attached hydrogen (secondary N) is 1. The summed E-state index contributed by atoms with van der Waals surface area (Å²) in [5.74, 6) is -2.00. The van der Waals surface area contributed by atoms with Crippen LogP contribution in [0.3, 0.4) is 0 Å². The van der Waals surface area contributed by atoms with Crippen molar-refractivity contribution >= 4 is 40.7 Å². The van der Waals surface area contributed by atoms with Crippen molar-refractivity contribution in [3.63, 3.8) is 0 Å². The summed E-state index contributed by atoms with van der Waals surface area (Å²) in [6, 6.07) is 9.08. The van der Waals surface area contributed by atoms with Gasteiger partial charge in [-0.05, 0) is 69.0 Å². The van der Waals surface area contributed by atoms with E-state index < -0.39 is 17.4 Å². The molecule has 2 aromatic carbocycles. The highest BCUT2D eigenvalue weighted by atomic mass is 35.5. The van der Waals surface area contributed by atoms with Gasteiger partial charge in [0.25, 0.3) is 0 Å². The van der Waals surface area contributed by atoms with Gasteiger partial charge in [0, 0.05) is 22.3 Å². The summed E-state index contributed by atoms with van der Waals surface area (Å²) in [7, 11) is 0. The zero-order valence-electron chi connectivity index (χ0n) is 18.2. The quantitative estimate of drug-likeness (QED) is 0.674. The molecular formula is C25H24ClN3O3. The van der Waals surface area contributed by atoms with Crippen molar-refractivity contribution in [2.24, 2.45) is 11.8 Å². The number of anilines is 2. The molecule has 0 unspecified atom stereocenters. The average molecular weight is 450 g/mol. The zero-order valence-corrected chi connectivity index (χ0v) is 19.0. The van der Waals surface area contributed by atoms with Crippen LogP contribution in [0.15, 0.2) is 30.3 Å². The molecule has 6 rings (SSSR count). The van der Waals surface area contributed by atoms with Gasteiger partial charge in [0.15, 0.2) is 0 Å². The van der Waals surface area contributed by atoms with Gasteiger partial charge in [-0.2, -0.15) is 0 Å². The van der Waals surface area contributed by atoms with E-state index in [4.69, 9.17) is 11.6 Å². The van der Waals surface area contributed by atoms with Gasteiger partial charge in [0.05, 0.1) is 17.5 Å². The molecule has 0 bridgehead atoms. The minimum absolute atomic E-state index is 0.126. The first-order valence-electron chi connectivity index (χ1n) is 11.1. The number of amides is 3. The van der Waals surface area contributed by atoms with E-state index in [0.717, 1.165) is 40.8 Å². The second-order valence-corrected chi connectivity index (χ2v) is 9.94. The van der Waals surface area contributed by atoms with E-state index in [1.54, 1.807) is 12.1 Å². The number of aryl methyl sites for hydroxylation is 2. The van der Waals surface area contributed by atoms with Crippen LogP contribution < -0.4 is 10.2 Å². The number of carbonyl (C=O) groups excluding carboxylic acids is 3. The molecule has 4 aliphatic heterocycles. The number of imide groups is 1. The highest BCUT2D eigenvalue weighted by Gasteiger charge is 2.74. The molecule has 2 aromatic rings. The highest BCUT2D eigenvalue weighted by Crippen LogP contribution is 2.61. The Balaban J connectivity index is 1.58. The third-order valence-corrected chi connectivity index (χ3v) is 8.35. The van der Waals surface area contributed by atoms with E-state index >= 15 is 0 Å². The largest absolute Gasteiger partial charge is 0.324 e. The van der Waals surface area contributed by atoms with Crippen molar-refractivity contribution in [1.29, 1.82) is 0 Å². The summed E-state index contributed by atoms with van der Waals surface area (Å²) in [5, 5.41) is 3.56. The molecule has 32 heavy (non-hydrogen) atoms. The molecule has 4 heterocycles. The zero-order chi connectivity index (χ0) is 22.5. The van der Waals surface area contributed by atoms with Crippen molar-refractivity contribution in [2.75, 3.05) is 16.8 Å². The van der Waals surface area contributed by atoms with E-state index in [1.165, 1.54) is 4.90 Å². The minimum atomic E-state index is -1.15. The molecule has 0 saturated carbocycles. The minimum Gasteiger partial charge on any atom is -0.324 e. The van der Waals surface area contributed by atoms with Gasteiger partial charge in [0.1, 0.15) is 5.54 Å². The normalized spacial score (nSPS) is 30.8. The van der Waals surface area contributed by atoms with Gasteiger partial charge in [-0.1, -0.05) is 29.8 Å². The van der Waals surface area contributed by atoms with Crippen LogP contribution in [0.2, 0.25) is 5.02 Å². The molecule has 3 amide bonds. The first-order chi connectivity index (χ1) is 15.3. The first-order valence-corrected chi connectivity index (χ1v) is 11.5. The number of fused-ring (bicyclic) bond motifs is 7. The smallest absolute Gasteiger partial charge is 0.250 e. The Morgan fingerprint density at radius 1 is 1.03 bits per heavy atom. The summed E-state index contributed by atoms with van der Waals surface area (Å²) in [5.41, 5.74) is 3.88. The fourth-order valence-electron chi connectivity index (χ4n) is 6.58. The van der Waals surface area contributed by atoms with Crippen LogP contribution in [-0.4, -0.2) is 35.2 Å². The van der Waals surface area contributed by atoms with E-state index in [2.05, 4.69) is 10.2 Å². The molecule has 0 aliphatic carbocycles. The molecule has 3 fully saturated rings. The van der Waals surface area contributed by atoms with Crippen LogP contribution >= 0.6 is 11.6 Å². The molecule has 6 nitrogen and oxygen atoms in total. The predicted octanol–water partition coefficient (Wildman–Crippen LogP) is 3.70. The Morgan fingerprint density at radius 3 is 2.56 bits per heavy atom. The Bertz CT molecular complexity index is 1240. The molecule has 4 aliphatic rings. The molecule has 1 spiro atoms. The van der Waals surface area contributed by atoms with E-state index in [-0.39, 0.29) is 23.8 Å². The summed E-state index contributed by atoms with van der Waals surface area (Å²) >= 11 is 6.22. The molecule has 3 saturated heterocycles. The number of benzene rings is 2. The molecule has 0 radical (unpaired) electrons. The third kappa shape index (κ3) is 2.17. The Morgan fingerprint density at radius 2 is 1.78 bits per heavy atom. The van der Waals surface area contributed by atoms with Gasteiger partial charge in [-0.15, -0.1) is 0 Å². The Kier molecular flexibility index (Phi) is 4.00. The molecule has 7 heteroatoms. The predicted molar refractivity (Wildman–Crippen MR) is 122 cm³/mol. The van der Waals surface area contributed by atoms with Crippen LogP contribution in [0.1, 0.15) is 35.1 Å². The van der Waals surface area contributed by atoms with Gasteiger partial charge in [-0.3, -0.25) is 19.3 Å². The standard InChI is InChI=1S/C25H24ClN3O3/c1-12-7-9-16-21(14(12)3)27-24(32)25(16)20-19(17-5-4-10-28(17)25)22(30)29(23(20)31)18-11-15(26)8-6-13(18)2/h6-9,11,17,19-20H,4-5,10H2,1-3H3,(H,27,32)/t17-,19+,20-,25+/m0/s1. The monoisotopic (exact) mass is 449 g/mol. The van der Waals surface area contributed by atoms with Crippen molar-refractivity contribution in [3.8, 4) is 0 Å². The summed E-state index contributed by atoms with van der Waals surface area (Å²) in [4.78, 5) is 45.0. The highest BCUT2D eigenvalue weighted by molar-refractivity contribution is 6.32. The van der Waals surface area contributed by atoms with Crippen LogP contribution in [0.5, 0.6) is 0 Å². The van der Waals surface area contributed by atoms with Gasteiger partial charge in [-0.25, -0.2) is 4.90 Å². The molecule has 1 N–H and O–H groups in total. The lowest BCUT2D eigenvalue weighted by atomic mass is 9.75. The summed E-state index contributed by atoms with van der Waals surface area (Å²) in [6.07, 6.45) is 1.71. The maximum absolute atomic E-state index is 14.0. The lowest BCUT2D eigenvalue weighted by molar-refractivity contribution is -0.135. The number of hydrogen-bond acceptors (Lipinski definition) is 4. The van der Waals surface area contributed by atoms with Gasteiger partial charge in [0.2, 0.25) is 17.7 Å². The number of carbonyl (C=O) groups is 3. The number of rotatable bonds is 1. The van der Waals surface area contributed by atoms with Crippen LogP contribution in [0, 0.1) is 32.6 Å². The number of nitrogens with zero attached hydrogens (tertiary/aromatic N) is 2. The van der Waals surface area contributed by atoms with Gasteiger partial charge >= 0.3 is 0 Å². The van der Waals surface area contributed by atoms with E-state index in [0.29, 0.717) is 17.3 Å². The fraction of sp³-hybridized carbons (Fsp3) is 0.400. The Hall–Kier alpha value is -2.70. The van der Waals surface area contributed by atoms with Crippen molar-refractivity contribution < 1.29 is 14.4 Å². The molecule has 4 atom stereocenters. The van der Waals surface area contributed by atoms with E-state index in [9.17, 15) is 14.4 Å². The third-order valence-electron chi connectivity index (χ3n) is 8.11. The lowest BCUT2D eigenvalue weighted by Crippen LogP contribution is -2.54. The number of hydrogen-bond donors (Lipinski definition) is 1. The molecule has 0 aromatic heterocycles. The van der Waals surface area contributed by atoms with E-state index in [1.807, 2.05) is 39.0 Å². The fourth-order valence-corrected chi connectivity index (χ4v) is 6.75. The van der Waals surface area contributed by atoms with Crippen molar-refractivity contribution in [1.82, 2.24) is 4.90 Å². The SMILES string of the molecule is Cc1ccc(Cl)cc1N1C(=O)[C@H]2[C@@H](C1=O)[C@]1(C(=O)Nc3c1ccc(C)c3C)N1CCC[C@@H]21.